The first-order chi connectivity index (χ1) is 8.79. The van der Waals surface area contributed by atoms with Gasteiger partial charge in [0.1, 0.15) is 6.61 Å². The largest absolute Gasteiger partial charge is 0.376 e. The summed E-state index contributed by atoms with van der Waals surface area (Å²) in [5.41, 5.74) is 0. The lowest BCUT2D eigenvalue weighted by Crippen LogP contribution is -2.25. The molecule has 0 amide bonds. The normalized spacial score (nSPS) is 19.9. The number of ether oxygens (including phenoxy) is 2. The van der Waals surface area contributed by atoms with Crippen LogP contribution in [-0.2, 0) is 15.9 Å². The maximum absolute atomic E-state index is 11.9. The molecule has 0 N–H and O–H groups in total. The van der Waals surface area contributed by atoms with Gasteiger partial charge in [-0.15, -0.1) is 11.3 Å². The quantitative estimate of drug-likeness (QED) is 0.744. The Labute approximate surface area is 112 Å². The SMILES string of the molecule is CCc1ccc(C(=O)COCC2CCCCO2)s1. The molecular weight excluding hydrogens is 248 g/mol. The smallest absolute Gasteiger partial charge is 0.198 e. The lowest BCUT2D eigenvalue weighted by molar-refractivity contribution is -0.0370. The summed E-state index contributed by atoms with van der Waals surface area (Å²) in [6.45, 7) is 3.63. The van der Waals surface area contributed by atoms with Crippen LogP contribution < -0.4 is 0 Å². The fourth-order valence-corrected chi connectivity index (χ4v) is 2.88. The number of ketones is 1. The third-order valence-corrected chi connectivity index (χ3v) is 4.37. The van der Waals surface area contributed by atoms with E-state index in [4.69, 9.17) is 9.47 Å². The number of aryl methyl sites for hydroxylation is 1. The Bertz CT molecular complexity index is 380. The average Bonchev–Trinajstić information content (AvgIpc) is 2.89. The number of hydrogen-bond donors (Lipinski definition) is 0. The van der Waals surface area contributed by atoms with Crippen LogP contribution in [0.5, 0.6) is 0 Å². The van der Waals surface area contributed by atoms with E-state index >= 15 is 0 Å². The zero-order valence-corrected chi connectivity index (χ0v) is 11.6. The fourth-order valence-electron chi connectivity index (χ4n) is 2.01. The second kappa shape index (κ2) is 7.02. The second-order valence-electron chi connectivity index (χ2n) is 4.55. The van der Waals surface area contributed by atoms with Crippen LogP contribution in [0.3, 0.4) is 0 Å². The maximum atomic E-state index is 11.9. The Balaban J connectivity index is 1.70. The predicted molar refractivity (Wildman–Crippen MR) is 72.4 cm³/mol. The molecule has 1 saturated heterocycles. The molecule has 1 aliphatic heterocycles. The minimum Gasteiger partial charge on any atom is -0.376 e. The van der Waals surface area contributed by atoms with Crippen molar-refractivity contribution in [3.05, 3.63) is 21.9 Å². The molecule has 4 heteroatoms. The predicted octanol–water partition coefficient (Wildman–Crippen LogP) is 3.08. The monoisotopic (exact) mass is 268 g/mol. The maximum Gasteiger partial charge on any atom is 0.198 e. The van der Waals surface area contributed by atoms with E-state index in [1.807, 2.05) is 12.1 Å². The first-order valence-electron chi connectivity index (χ1n) is 6.61. The summed E-state index contributed by atoms with van der Waals surface area (Å²) in [5.74, 6) is 0.0792. The van der Waals surface area contributed by atoms with E-state index < -0.39 is 0 Å². The van der Waals surface area contributed by atoms with Crippen molar-refractivity contribution in [1.82, 2.24) is 0 Å². The van der Waals surface area contributed by atoms with Crippen LogP contribution in [0.15, 0.2) is 12.1 Å². The van der Waals surface area contributed by atoms with Crippen LogP contribution in [-0.4, -0.2) is 31.7 Å². The third kappa shape index (κ3) is 3.90. The Morgan fingerprint density at radius 2 is 2.39 bits per heavy atom. The zero-order valence-electron chi connectivity index (χ0n) is 10.8. The Kier molecular flexibility index (Phi) is 5.35. The van der Waals surface area contributed by atoms with Crippen LogP contribution in [0.4, 0.5) is 0 Å². The molecule has 1 aromatic rings. The first kappa shape index (κ1) is 13.7. The molecule has 0 saturated carbocycles. The Morgan fingerprint density at radius 3 is 3.06 bits per heavy atom. The van der Waals surface area contributed by atoms with Gasteiger partial charge in [0.15, 0.2) is 5.78 Å². The summed E-state index contributed by atoms with van der Waals surface area (Å²) in [6, 6.07) is 3.91. The lowest BCUT2D eigenvalue weighted by Gasteiger charge is -2.22. The van der Waals surface area contributed by atoms with E-state index in [1.54, 1.807) is 11.3 Å². The number of carbonyl (C=O) groups is 1. The van der Waals surface area contributed by atoms with Gasteiger partial charge in [-0.05, 0) is 37.8 Å². The molecule has 1 unspecified atom stereocenters. The van der Waals surface area contributed by atoms with Crippen molar-refractivity contribution < 1.29 is 14.3 Å². The topological polar surface area (TPSA) is 35.5 Å². The van der Waals surface area contributed by atoms with Crippen molar-refractivity contribution in [3.63, 3.8) is 0 Å². The van der Waals surface area contributed by atoms with Crippen LogP contribution in [0, 0.1) is 0 Å². The lowest BCUT2D eigenvalue weighted by atomic mass is 10.1. The number of thiophene rings is 1. The number of carbonyl (C=O) groups excluding carboxylic acids is 1. The van der Waals surface area contributed by atoms with Gasteiger partial charge in [-0.1, -0.05) is 6.92 Å². The molecule has 0 radical (unpaired) electrons. The van der Waals surface area contributed by atoms with Crippen molar-refractivity contribution in [3.8, 4) is 0 Å². The van der Waals surface area contributed by atoms with E-state index in [-0.39, 0.29) is 18.5 Å². The molecule has 1 atom stereocenters. The minimum atomic E-state index is 0.0792. The van der Waals surface area contributed by atoms with E-state index in [1.165, 1.54) is 11.3 Å². The molecule has 0 bridgehead atoms. The summed E-state index contributed by atoms with van der Waals surface area (Å²) in [5, 5.41) is 0. The molecule has 2 heterocycles. The molecule has 3 nitrogen and oxygen atoms in total. The van der Waals surface area contributed by atoms with Gasteiger partial charge in [-0.3, -0.25) is 4.79 Å². The van der Waals surface area contributed by atoms with Gasteiger partial charge in [0.25, 0.3) is 0 Å². The van der Waals surface area contributed by atoms with Crippen molar-refractivity contribution >= 4 is 17.1 Å². The second-order valence-corrected chi connectivity index (χ2v) is 5.71. The van der Waals surface area contributed by atoms with Gasteiger partial charge in [-0.2, -0.15) is 0 Å². The summed E-state index contributed by atoms with van der Waals surface area (Å²) in [4.78, 5) is 13.9. The number of rotatable bonds is 6. The summed E-state index contributed by atoms with van der Waals surface area (Å²) in [6.07, 6.45) is 4.56. The fraction of sp³-hybridized carbons (Fsp3) is 0.643. The highest BCUT2D eigenvalue weighted by Gasteiger charge is 2.15. The van der Waals surface area contributed by atoms with Crippen LogP contribution in [0.25, 0.3) is 0 Å². The molecule has 0 spiro atoms. The minimum absolute atomic E-state index is 0.0792. The van der Waals surface area contributed by atoms with Gasteiger partial charge < -0.3 is 9.47 Å². The first-order valence-corrected chi connectivity index (χ1v) is 7.42. The van der Waals surface area contributed by atoms with Crippen LogP contribution in [0.1, 0.15) is 40.7 Å². The van der Waals surface area contributed by atoms with Gasteiger partial charge >= 0.3 is 0 Å². The average molecular weight is 268 g/mol. The molecule has 1 aromatic heterocycles. The zero-order chi connectivity index (χ0) is 12.8. The molecule has 1 aliphatic rings. The highest BCUT2D eigenvalue weighted by atomic mass is 32.1. The molecule has 2 rings (SSSR count). The van der Waals surface area contributed by atoms with Gasteiger partial charge in [0.05, 0.1) is 17.6 Å². The summed E-state index contributed by atoms with van der Waals surface area (Å²) < 4.78 is 11.0. The van der Waals surface area contributed by atoms with E-state index in [9.17, 15) is 4.79 Å². The van der Waals surface area contributed by atoms with Crippen molar-refractivity contribution in [2.45, 2.75) is 38.7 Å². The molecule has 100 valence electrons. The Hall–Kier alpha value is -0.710. The molecular formula is C14H20O3S. The summed E-state index contributed by atoms with van der Waals surface area (Å²) in [7, 11) is 0. The third-order valence-electron chi connectivity index (χ3n) is 3.10. The van der Waals surface area contributed by atoms with Gasteiger partial charge in [-0.25, -0.2) is 0 Å². The van der Waals surface area contributed by atoms with E-state index in [0.29, 0.717) is 6.61 Å². The highest BCUT2D eigenvalue weighted by Crippen LogP contribution is 2.18. The Morgan fingerprint density at radius 1 is 1.50 bits per heavy atom. The molecule has 0 aliphatic carbocycles. The molecule has 1 fully saturated rings. The molecule has 18 heavy (non-hydrogen) atoms. The highest BCUT2D eigenvalue weighted by molar-refractivity contribution is 7.14. The standard InChI is InChI=1S/C14H20O3S/c1-2-12-6-7-14(18-12)13(15)10-16-9-11-5-3-4-8-17-11/h6-7,11H,2-5,8-10H2,1H3. The van der Waals surface area contributed by atoms with Crippen molar-refractivity contribution in [1.29, 1.82) is 0 Å². The van der Waals surface area contributed by atoms with E-state index in [0.717, 1.165) is 30.7 Å². The van der Waals surface area contributed by atoms with Crippen molar-refractivity contribution in [2.24, 2.45) is 0 Å². The van der Waals surface area contributed by atoms with Crippen molar-refractivity contribution in [2.75, 3.05) is 19.8 Å². The summed E-state index contributed by atoms with van der Waals surface area (Å²) >= 11 is 1.57. The number of Topliss-reactive ketones (excluding diaryl/α,β-unsaturated/α-hetero) is 1. The van der Waals surface area contributed by atoms with Gasteiger partial charge in [0.2, 0.25) is 0 Å². The molecule has 0 aromatic carbocycles. The van der Waals surface area contributed by atoms with Gasteiger partial charge in [0, 0.05) is 11.5 Å². The van der Waals surface area contributed by atoms with E-state index in [2.05, 4.69) is 6.92 Å². The number of hydrogen-bond acceptors (Lipinski definition) is 4. The van der Waals surface area contributed by atoms with Crippen LogP contribution in [0.2, 0.25) is 0 Å². The van der Waals surface area contributed by atoms with Crippen LogP contribution >= 0.6 is 11.3 Å².